The van der Waals surface area contributed by atoms with Crippen LogP contribution in [0.4, 0.5) is 0 Å². The van der Waals surface area contributed by atoms with E-state index in [1.165, 1.54) is 4.31 Å². The van der Waals surface area contributed by atoms with Gasteiger partial charge in [0.2, 0.25) is 0 Å². The Kier molecular flexibility index (Phi) is 6.41. The molecule has 0 saturated carbocycles. The normalized spacial score (nSPS) is 13.7. The molecule has 0 saturated heterocycles. The minimum Gasteiger partial charge on any atom is -0.260 e. The summed E-state index contributed by atoms with van der Waals surface area (Å²) in [7, 11) is -3.45. The molecule has 0 bridgehead atoms. The molecule has 1 atom stereocenters. The molecule has 1 rings (SSSR count). The maximum atomic E-state index is 12.3. The third kappa shape index (κ3) is 4.89. The Hall–Kier alpha value is -0.980. The third-order valence-corrected chi connectivity index (χ3v) is 4.44. The fourth-order valence-corrected chi connectivity index (χ4v) is 3.40. The molecule has 1 aromatic heterocycles. The first-order valence-corrected chi connectivity index (χ1v) is 8.13. The second-order valence-electron chi connectivity index (χ2n) is 4.50. The van der Waals surface area contributed by atoms with E-state index in [2.05, 4.69) is 9.71 Å². The quantitative estimate of drug-likeness (QED) is 0.795. The molecule has 6 heteroatoms. The van der Waals surface area contributed by atoms with Crippen LogP contribution in [0, 0.1) is 0 Å². The van der Waals surface area contributed by atoms with E-state index >= 15 is 0 Å². The van der Waals surface area contributed by atoms with Crippen molar-refractivity contribution >= 4 is 10.2 Å². The molecule has 0 aromatic carbocycles. The van der Waals surface area contributed by atoms with Gasteiger partial charge in [0.1, 0.15) is 0 Å². The minimum atomic E-state index is -3.45. The second kappa shape index (κ2) is 7.57. The Balaban J connectivity index is 2.77. The molecule has 108 valence electrons. The Morgan fingerprint density at radius 1 is 1.26 bits per heavy atom. The van der Waals surface area contributed by atoms with Gasteiger partial charge in [-0.25, -0.2) is 0 Å². The van der Waals surface area contributed by atoms with Gasteiger partial charge in [0.15, 0.2) is 0 Å². The summed E-state index contributed by atoms with van der Waals surface area (Å²) in [5.74, 6) is 0. The average Bonchev–Trinajstić information content (AvgIpc) is 2.39. The van der Waals surface area contributed by atoms with Gasteiger partial charge in [-0.05, 0) is 31.9 Å². The van der Waals surface area contributed by atoms with Gasteiger partial charge in [-0.1, -0.05) is 19.9 Å². The molecule has 1 aromatic rings. The van der Waals surface area contributed by atoms with E-state index in [0.717, 1.165) is 18.5 Å². The number of nitrogens with one attached hydrogen (secondary N) is 1. The molecule has 0 fully saturated rings. The van der Waals surface area contributed by atoms with Crippen LogP contribution in [0.3, 0.4) is 0 Å². The van der Waals surface area contributed by atoms with Gasteiger partial charge in [-0.3, -0.25) is 4.98 Å². The fraction of sp³-hybridized carbons (Fsp3) is 0.615. The Morgan fingerprint density at radius 2 is 1.89 bits per heavy atom. The van der Waals surface area contributed by atoms with Crippen LogP contribution < -0.4 is 4.72 Å². The van der Waals surface area contributed by atoms with Crippen molar-refractivity contribution in [3.05, 3.63) is 30.1 Å². The zero-order chi connectivity index (χ0) is 14.3. The number of hydrogen-bond acceptors (Lipinski definition) is 3. The molecule has 1 heterocycles. The summed E-state index contributed by atoms with van der Waals surface area (Å²) in [5, 5.41) is 0. The smallest absolute Gasteiger partial charge is 0.260 e. The minimum absolute atomic E-state index is 0.331. The Bertz CT molecular complexity index is 456. The van der Waals surface area contributed by atoms with Crippen LogP contribution in [0.15, 0.2) is 24.4 Å². The molecule has 0 aliphatic heterocycles. The molecule has 0 unspecified atom stereocenters. The van der Waals surface area contributed by atoms with Crippen LogP contribution in [0.5, 0.6) is 0 Å². The van der Waals surface area contributed by atoms with Crippen molar-refractivity contribution in [3.8, 4) is 0 Å². The maximum absolute atomic E-state index is 12.3. The molecule has 0 aliphatic rings. The maximum Gasteiger partial charge on any atom is 0.280 e. The molecule has 0 amide bonds. The number of aromatic nitrogens is 1. The Labute approximate surface area is 116 Å². The highest BCUT2D eigenvalue weighted by atomic mass is 32.2. The van der Waals surface area contributed by atoms with Gasteiger partial charge in [-0.15, -0.1) is 0 Å². The lowest BCUT2D eigenvalue weighted by molar-refractivity contribution is 0.397. The van der Waals surface area contributed by atoms with Crippen LogP contribution in [0.25, 0.3) is 0 Å². The molecule has 5 nitrogen and oxygen atoms in total. The zero-order valence-electron chi connectivity index (χ0n) is 11.8. The molecule has 1 N–H and O–H groups in total. The fourth-order valence-electron chi connectivity index (χ4n) is 1.84. The summed E-state index contributed by atoms with van der Waals surface area (Å²) in [4.78, 5) is 4.17. The summed E-state index contributed by atoms with van der Waals surface area (Å²) in [6.45, 7) is 6.83. The van der Waals surface area contributed by atoms with Crippen molar-refractivity contribution in [2.45, 2.75) is 39.7 Å². The lowest BCUT2D eigenvalue weighted by atomic mass is 10.2. The summed E-state index contributed by atoms with van der Waals surface area (Å²) < 4.78 is 28.7. The van der Waals surface area contributed by atoms with E-state index in [0.29, 0.717) is 13.1 Å². The Morgan fingerprint density at radius 3 is 2.37 bits per heavy atom. The van der Waals surface area contributed by atoms with Gasteiger partial charge in [0.25, 0.3) is 10.2 Å². The van der Waals surface area contributed by atoms with Crippen LogP contribution in [0.1, 0.15) is 45.3 Å². The zero-order valence-corrected chi connectivity index (χ0v) is 12.7. The predicted molar refractivity (Wildman–Crippen MR) is 76.9 cm³/mol. The van der Waals surface area contributed by atoms with Crippen molar-refractivity contribution in [1.82, 2.24) is 14.0 Å². The van der Waals surface area contributed by atoms with Crippen LogP contribution in [-0.4, -0.2) is 30.8 Å². The summed E-state index contributed by atoms with van der Waals surface area (Å²) in [6.07, 6.45) is 3.27. The molecule has 0 radical (unpaired) electrons. The highest BCUT2D eigenvalue weighted by Gasteiger charge is 2.23. The van der Waals surface area contributed by atoms with E-state index in [1.54, 1.807) is 13.1 Å². The molecular weight excluding hydrogens is 262 g/mol. The molecule has 19 heavy (non-hydrogen) atoms. The third-order valence-electron chi connectivity index (χ3n) is 2.74. The van der Waals surface area contributed by atoms with Gasteiger partial charge < -0.3 is 0 Å². The predicted octanol–water partition coefficient (Wildman–Crippen LogP) is 2.10. The average molecular weight is 285 g/mol. The summed E-state index contributed by atoms with van der Waals surface area (Å²) >= 11 is 0. The highest BCUT2D eigenvalue weighted by Crippen LogP contribution is 2.12. The van der Waals surface area contributed by atoms with Crippen LogP contribution in [-0.2, 0) is 10.2 Å². The lowest BCUT2D eigenvalue weighted by Gasteiger charge is -2.23. The van der Waals surface area contributed by atoms with Gasteiger partial charge in [0.05, 0.1) is 11.7 Å². The van der Waals surface area contributed by atoms with Gasteiger partial charge >= 0.3 is 0 Å². The topological polar surface area (TPSA) is 62.3 Å². The first-order valence-electron chi connectivity index (χ1n) is 6.69. The van der Waals surface area contributed by atoms with Crippen LogP contribution in [0.2, 0.25) is 0 Å². The SMILES string of the molecule is CCCN(CCC)S(=O)(=O)N[C@@H](C)c1ccccn1. The number of hydrogen-bond donors (Lipinski definition) is 1. The number of rotatable bonds is 8. The standard InChI is InChI=1S/C13H23N3O2S/c1-4-10-16(11-5-2)19(17,18)15-12(3)13-8-6-7-9-14-13/h6-9,12,15H,4-5,10-11H2,1-3H3/t12-/m0/s1. The van der Waals surface area contributed by atoms with E-state index < -0.39 is 10.2 Å². The lowest BCUT2D eigenvalue weighted by Crippen LogP contribution is -2.42. The van der Waals surface area contributed by atoms with Crippen LogP contribution >= 0.6 is 0 Å². The van der Waals surface area contributed by atoms with Crippen molar-refractivity contribution in [2.75, 3.05) is 13.1 Å². The van der Waals surface area contributed by atoms with Crippen molar-refractivity contribution in [3.63, 3.8) is 0 Å². The molecule has 0 spiro atoms. The van der Waals surface area contributed by atoms with Gasteiger partial charge in [-0.2, -0.15) is 17.4 Å². The summed E-state index contributed by atoms with van der Waals surface area (Å²) in [6, 6.07) is 5.15. The molecular formula is C13H23N3O2S. The van der Waals surface area contributed by atoms with E-state index in [9.17, 15) is 8.42 Å². The number of nitrogens with zero attached hydrogens (tertiary/aromatic N) is 2. The first kappa shape index (κ1) is 16.1. The largest absolute Gasteiger partial charge is 0.280 e. The van der Waals surface area contributed by atoms with E-state index in [1.807, 2.05) is 32.0 Å². The highest BCUT2D eigenvalue weighted by molar-refractivity contribution is 7.87. The first-order chi connectivity index (χ1) is 9.01. The molecule has 0 aliphatic carbocycles. The van der Waals surface area contributed by atoms with E-state index in [-0.39, 0.29) is 6.04 Å². The van der Waals surface area contributed by atoms with Crippen molar-refractivity contribution < 1.29 is 8.42 Å². The van der Waals surface area contributed by atoms with Gasteiger partial charge in [0, 0.05) is 19.3 Å². The van der Waals surface area contributed by atoms with E-state index in [4.69, 9.17) is 0 Å². The summed E-state index contributed by atoms with van der Waals surface area (Å²) in [5.41, 5.74) is 0.721. The van der Waals surface area contributed by atoms with Crippen molar-refractivity contribution in [1.29, 1.82) is 0 Å². The number of pyridine rings is 1. The van der Waals surface area contributed by atoms with Crippen molar-refractivity contribution in [2.24, 2.45) is 0 Å². The monoisotopic (exact) mass is 285 g/mol. The second-order valence-corrected chi connectivity index (χ2v) is 6.20.